The van der Waals surface area contributed by atoms with E-state index in [-0.39, 0.29) is 11.9 Å². The second-order valence-electron chi connectivity index (χ2n) is 4.52. The summed E-state index contributed by atoms with van der Waals surface area (Å²) in [6.07, 6.45) is 0.566. The number of hydrogen-bond donors (Lipinski definition) is 1. The van der Waals surface area contributed by atoms with Gasteiger partial charge in [-0.3, -0.25) is 0 Å². The van der Waals surface area contributed by atoms with Gasteiger partial charge >= 0.3 is 0 Å². The van der Waals surface area contributed by atoms with Crippen molar-refractivity contribution in [2.45, 2.75) is 26.3 Å². The minimum atomic E-state index is -0.233. The Balaban J connectivity index is 2.29. The third-order valence-electron chi connectivity index (χ3n) is 3.19. The van der Waals surface area contributed by atoms with E-state index in [9.17, 15) is 4.39 Å². The molecule has 0 fully saturated rings. The van der Waals surface area contributed by atoms with Crippen LogP contribution in [0.5, 0.6) is 0 Å². The Labute approximate surface area is 122 Å². The zero-order chi connectivity index (χ0) is 13.8. The minimum absolute atomic E-state index is 0.102. The molecule has 1 atom stereocenters. The van der Waals surface area contributed by atoms with Crippen molar-refractivity contribution < 1.29 is 4.39 Å². The predicted octanol–water partition coefficient (Wildman–Crippen LogP) is 4.74. The minimum Gasteiger partial charge on any atom is -0.310 e. The fraction of sp³-hybridized carbons (Fsp3) is 0.333. The van der Waals surface area contributed by atoms with Gasteiger partial charge in [0.05, 0.1) is 0 Å². The number of likely N-dealkylation sites (N-methyl/N-ethyl adjacent to an activating group) is 1. The number of halogens is 2. The van der Waals surface area contributed by atoms with Gasteiger partial charge in [0.2, 0.25) is 0 Å². The van der Waals surface area contributed by atoms with Crippen LogP contribution >= 0.6 is 22.9 Å². The van der Waals surface area contributed by atoms with E-state index in [2.05, 4.69) is 29.9 Å². The molecule has 2 rings (SSSR count). The molecule has 0 saturated carbocycles. The van der Waals surface area contributed by atoms with E-state index in [1.165, 1.54) is 17.2 Å². The third kappa shape index (κ3) is 3.35. The van der Waals surface area contributed by atoms with Gasteiger partial charge in [-0.1, -0.05) is 24.6 Å². The van der Waals surface area contributed by atoms with Gasteiger partial charge < -0.3 is 5.32 Å². The summed E-state index contributed by atoms with van der Waals surface area (Å²) >= 11 is 7.78. The number of thiophene rings is 1. The summed E-state index contributed by atoms with van der Waals surface area (Å²) in [4.78, 5) is 0. The first-order valence-corrected chi connectivity index (χ1v) is 7.64. The van der Waals surface area contributed by atoms with Crippen molar-refractivity contribution >= 4 is 22.9 Å². The maximum absolute atomic E-state index is 13.9. The molecule has 4 heteroatoms. The fourth-order valence-electron chi connectivity index (χ4n) is 2.20. The lowest BCUT2D eigenvalue weighted by molar-refractivity contribution is 0.527. The molecule has 19 heavy (non-hydrogen) atoms. The summed E-state index contributed by atoms with van der Waals surface area (Å²) in [6, 6.07) is 4.94. The number of rotatable bonds is 5. The van der Waals surface area contributed by atoms with Crippen LogP contribution in [-0.2, 0) is 6.42 Å². The van der Waals surface area contributed by atoms with Gasteiger partial charge in [-0.05, 0) is 53.9 Å². The predicted molar refractivity (Wildman–Crippen MR) is 80.6 cm³/mol. The number of hydrogen-bond acceptors (Lipinski definition) is 2. The Morgan fingerprint density at radius 3 is 2.74 bits per heavy atom. The quantitative estimate of drug-likeness (QED) is 0.840. The Morgan fingerprint density at radius 2 is 2.16 bits per heavy atom. The van der Waals surface area contributed by atoms with Crippen LogP contribution in [0, 0.1) is 12.7 Å². The van der Waals surface area contributed by atoms with E-state index in [4.69, 9.17) is 11.6 Å². The zero-order valence-electron chi connectivity index (χ0n) is 11.0. The second-order valence-corrected chi connectivity index (χ2v) is 5.68. The van der Waals surface area contributed by atoms with E-state index in [1.54, 1.807) is 23.5 Å². The van der Waals surface area contributed by atoms with Crippen LogP contribution in [0.3, 0.4) is 0 Å². The van der Waals surface area contributed by atoms with Gasteiger partial charge in [0, 0.05) is 16.6 Å². The standard InChI is InChI=1S/C15H17ClFNS/c1-3-18-15(12-9-19-8-10(12)2)7-11-13(16)5-4-6-14(11)17/h4-6,8-9,15,18H,3,7H2,1-2H3. The summed E-state index contributed by atoms with van der Waals surface area (Å²) in [6.45, 7) is 4.98. The Hall–Kier alpha value is -0.900. The molecule has 1 N–H and O–H groups in total. The number of benzene rings is 1. The molecular weight excluding hydrogens is 281 g/mol. The first-order chi connectivity index (χ1) is 9.13. The molecule has 0 spiro atoms. The van der Waals surface area contributed by atoms with Crippen LogP contribution in [0.2, 0.25) is 5.02 Å². The van der Waals surface area contributed by atoms with E-state index in [0.717, 1.165) is 6.54 Å². The maximum Gasteiger partial charge on any atom is 0.127 e. The summed E-state index contributed by atoms with van der Waals surface area (Å²) in [5.41, 5.74) is 3.05. The molecule has 0 radical (unpaired) electrons. The molecule has 1 heterocycles. The van der Waals surface area contributed by atoms with Crippen molar-refractivity contribution in [3.63, 3.8) is 0 Å². The van der Waals surface area contributed by atoms with Crippen molar-refractivity contribution in [1.82, 2.24) is 5.32 Å². The lowest BCUT2D eigenvalue weighted by Crippen LogP contribution is -2.23. The molecule has 0 saturated heterocycles. The first kappa shape index (κ1) is 14.5. The van der Waals surface area contributed by atoms with Crippen LogP contribution in [0.25, 0.3) is 0 Å². The van der Waals surface area contributed by atoms with Crippen molar-refractivity contribution in [1.29, 1.82) is 0 Å². The van der Waals surface area contributed by atoms with Gasteiger partial charge in [0.25, 0.3) is 0 Å². The van der Waals surface area contributed by atoms with Gasteiger partial charge in [0.15, 0.2) is 0 Å². The van der Waals surface area contributed by atoms with Crippen LogP contribution in [-0.4, -0.2) is 6.54 Å². The van der Waals surface area contributed by atoms with Crippen molar-refractivity contribution in [2.24, 2.45) is 0 Å². The number of aryl methyl sites for hydroxylation is 1. The SMILES string of the molecule is CCNC(Cc1c(F)cccc1Cl)c1cscc1C. The topological polar surface area (TPSA) is 12.0 Å². The Bertz CT molecular complexity index is 533. The van der Waals surface area contributed by atoms with Crippen molar-refractivity contribution in [3.05, 3.63) is 56.5 Å². The fourth-order valence-corrected chi connectivity index (χ4v) is 3.34. The Morgan fingerprint density at radius 1 is 1.37 bits per heavy atom. The monoisotopic (exact) mass is 297 g/mol. The first-order valence-electron chi connectivity index (χ1n) is 6.32. The lowest BCUT2D eigenvalue weighted by atomic mass is 9.98. The molecular formula is C15H17ClFNS. The van der Waals surface area contributed by atoms with Gasteiger partial charge in [0.1, 0.15) is 5.82 Å². The molecule has 0 amide bonds. The molecule has 2 aromatic rings. The highest BCUT2D eigenvalue weighted by molar-refractivity contribution is 7.08. The summed E-state index contributed by atoms with van der Waals surface area (Å²) < 4.78 is 13.9. The molecule has 1 aromatic carbocycles. The van der Waals surface area contributed by atoms with Crippen molar-refractivity contribution in [2.75, 3.05) is 6.54 Å². The van der Waals surface area contributed by atoms with E-state index in [0.29, 0.717) is 17.0 Å². The number of nitrogens with one attached hydrogen (secondary N) is 1. The largest absolute Gasteiger partial charge is 0.310 e. The summed E-state index contributed by atoms with van der Waals surface area (Å²) in [5, 5.41) is 8.14. The highest BCUT2D eigenvalue weighted by Gasteiger charge is 2.18. The zero-order valence-corrected chi connectivity index (χ0v) is 12.6. The molecule has 0 aliphatic heterocycles. The van der Waals surface area contributed by atoms with Gasteiger partial charge in [-0.25, -0.2) is 4.39 Å². The second kappa shape index (κ2) is 6.51. The van der Waals surface area contributed by atoms with Gasteiger partial charge in [-0.2, -0.15) is 11.3 Å². The third-order valence-corrected chi connectivity index (χ3v) is 4.42. The van der Waals surface area contributed by atoms with E-state index in [1.807, 2.05) is 0 Å². The summed E-state index contributed by atoms with van der Waals surface area (Å²) in [5.74, 6) is -0.233. The molecule has 1 nitrogen and oxygen atoms in total. The normalized spacial score (nSPS) is 12.6. The highest BCUT2D eigenvalue weighted by atomic mass is 35.5. The Kier molecular flexibility index (Phi) is 4.97. The van der Waals surface area contributed by atoms with Crippen molar-refractivity contribution in [3.8, 4) is 0 Å². The molecule has 102 valence electrons. The molecule has 1 aromatic heterocycles. The smallest absolute Gasteiger partial charge is 0.127 e. The molecule has 1 unspecified atom stereocenters. The average molecular weight is 298 g/mol. The van der Waals surface area contributed by atoms with Crippen LogP contribution in [0.1, 0.15) is 29.7 Å². The lowest BCUT2D eigenvalue weighted by Gasteiger charge is -2.19. The molecule has 0 aliphatic carbocycles. The molecule has 0 aliphatic rings. The van der Waals surface area contributed by atoms with Gasteiger partial charge in [-0.15, -0.1) is 0 Å². The summed E-state index contributed by atoms with van der Waals surface area (Å²) in [7, 11) is 0. The maximum atomic E-state index is 13.9. The van der Waals surface area contributed by atoms with E-state index >= 15 is 0 Å². The van der Waals surface area contributed by atoms with Crippen LogP contribution in [0.15, 0.2) is 29.0 Å². The highest BCUT2D eigenvalue weighted by Crippen LogP contribution is 2.28. The average Bonchev–Trinajstić information content (AvgIpc) is 2.79. The van der Waals surface area contributed by atoms with E-state index < -0.39 is 0 Å². The van der Waals surface area contributed by atoms with Crippen LogP contribution < -0.4 is 5.32 Å². The van der Waals surface area contributed by atoms with Crippen LogP contribution in [0.4, 0.5) is 4.39 Å². The molecule has 0 bridgehead atoms.